The molecular weight excluding hydrogens is 406 g/mol. The molecule has 0 amide bonds. The molecule has 0 heterocycles. The predicted molar refractivity (Wildman–Crippen MR) is 84.9 cm³/mol. The molecule has 0 fully saturated rings. The molecule has 0 spiro atoms. The largest absolute Gasteiger partial charge is 0.417 e. The summed E-state index contributed by atoms with van der Waals surface area (Å²) < 4.78 is 110. The Hall–Kier alpha value is -2.51. The Kier molecular flexibility index (Phi) is 6.36. The number of rotatable bonds is 1. The van der Waals surface area contributed by atoms with Crippen LogP contribution >= 0.6 is 0 Å². The quantitative estimate of drug-likeness (QED) is 0.316. The topological polar surface area (TPSA) is 127 Å². The Labute approximate surface area is 149 Å². The van der Waals surface area contributed by atoms with Crippen molar-refractivity contribution in [2.75, 3.05) is 11.5 Å². The first-order chi connectivity index (χ1) is 12.0. The summed E-state index contributed by atoms with van der Waals surface area (Å²) >= 11 is 0. The number of alkyl halides is 6. The van der Waals surface area contributed by atoms with Crippen molar-refractivity contribution in [1.29, 1.82) is 0 Å². The fourth-order valence-corrected chi connectivity index (χ4v) is 2.06. The van der Waals surface area contributed by atoms with Gasteiger partial charge < -0.3 is 11.5 Å². The van der Waals surface area contributed by atoms with Gasteiger partial charge in [0, 0.05) is 11.4 Å². The minimum atomic E-state index is -4.84. The van der Waals surface area contributed by atoms with Crippen molar-refractivity contribution in [3.8, 4) is 11.1 Å². The summed E-state index contributed by atoms with van der Waals surface area (Å²) in [4.78, 5) is 0. The van der Waals surface area contributed by atoms with E-state index in [1.54, 1.807) is 0 Å². The summed E-state index contributed by atoms with van der Waals surface area (Å²) in [5, 5.41) is 0. The van der Waals surface area contributed by atoms with Crippen LogP contribution in [0.3, 0.4) is 0 Å². The zero-order chi connectivity index (χ0) is 21.2. The highest BCUT2D eigenvalue weighted by Crippen LogP contribution is 2.43. The van der Waals surface area contributed by atoms with Gasteiger partial charge >= 0.3 is 22.8 Å². The average molecular weight is 418 g/mol. The van der Waals surface area contributed by atoms with Crippen molar-refractivity contribution in [3.63, 3.8) is 0 Å². The lowest BCUT2D eigenvalue weighted by molar-refractivity contribution is -0.139. The van der Waals surface area contributed by atoms with Crippen molar-refractivity contribution >= 4 is 21.8 Å². The van der Waals surface area contributed by atoms with E-state index < -0.39 is 45.0 Å². The maximum absolute atomic E-state index is 13.1. The van der Waals surface area contributed by atoms with E-state index in [9.17, 15) is 26.3 Å². The number of hydrogen-bond donors (Lipinski definition) is 4. The molecule has 6 nitrogen and oxygen atoms in total. The first-order valence-corrected chi connectivity index (χ1v) is 8.03. The minimum Gasteiger partial charge on any atom is -0.399 e. The first kappa shape index (κ1) is 22.5. The van der Waals surface area contributed by atoms with Crippen LogP contribution in [0.25, 0.3) is 11.1 Å². The Morgan fingerprint density at radius 3 is 1.19 bits per heavy atom. The summed E-state index contributed by atoms with van der Waals surface area (Å²) in [6.45, 7) is 0. The van der Waals surface area contributed by atoms with Gasteiger partial charge in [-0.3, -0.25) is 9.11 Å². The van der Waals surface area contributed by atoms with Crippen LogP contribution in [0.2, 0.25) is 0 Å². The Morgan fingerprint density at radius 2 is 0.963 bits per heavy atom. The molecule has 2 aromatic rings. The zero-order valence-electron chi connectivity index (χ0n) is 13.0. The van der Waals surface area contributed by atoms with E-state index >= 15 is 0 Å². The molecule has 0 aliphatic carbocycles. The molecule has 2 rings (SSSR count). The van der Waals surface area contributed by atoms with Gasteiger partial charge in [-0.25, -0.2) is 0 Å². The molecule has 6 N–H and O–H groups in total. The molecular formula is C14H12F6N2O4S. The highest BCUT2D eigenvalue weighted by Gasteiger charge is 2.38. The molecule has 0 radical (unpaired) electrons. The van der Waals surface area contributed by atoms with Gasteiger partial charge in [0.25, 0.3) is 0 Å². The highest BCUT2D eigenvalue weighted by atomic mass is 32.3. The van der Waals surface area contributed by atoms with Gasteiger partial charge in [-0.2, -0.15) is 34.8 Å². The number of halogens is 6. The van der Waals surface area contributed by atoms with E-state index in [-0.39, 0.29) is 11.4 Å². The fraction of sp³-hybridized carbons (Fsp3) is 0.143. The van der Waals surface area contributed by atoms with Crippen molar-refractivity contribution in [3.05, 3.63) is 47.5 Å². The van der Waals surface area contributed by atoms with E-state index in [1.807, 2.05) is 0 Å². The van der Waals surface area contributed by atoms with Crippen molar-refractivity contribution < 1.29 is 43.9 Å². The normalized spacial score (nSPS) is 12.3. The lowest BCUT2D eigenvalue weighted by Crippen LogP contribution is -2.12. The van der Waals surface area contributed by atoms with Gasteiger partial charge in [-0.1, -0.05) is 12.1 Å². The van der Waals surface area contributed by atoms with Gasteiger partial charge in [0.1, 0.15) is 0 Å². The van der Waals surface area contributed by atoms with Crippen LogP contribution in [0, 0.1) is 0 Å². The van der Waals surface area contributed by atoms with Crippen LogP contribution in [0.5, 0.6) is 0 Å². The van der Waals surface area contributed by atoms with E-state index in [2.05, 4.69) is 0 Å². The van der Waals surface area contributed by atoms with E-state index in [0.717, 1.165) is 24.3 Å². The van der Waals surface area contributed by atoms with E-state index in [1.165, 1.54) is 0 Å². The molecule has 0 aliphatic rings. The van der Waals surface area contributed by atoms with Gasteiger partial charge in [-0.15, -0.1) is 0 Å². The summed E-state index contributed by atoms with van der Waals surface area (Å²) in [5.41, 5.74) is 6.55. The second-order valence-electron chi connectivity index (χ2n) is 5.05. The molecule has 13 heteroatoms. The Balaban J connectivity index is 0.000000646. The van der Waals surface area contributed by atoms with Crippen LogP contribution < -0.4 is 11.5 Å². The molecule has 0 atom stereocenters. The van der Waals surface area contributed by atoms with E-state index in [4.69, 9.17) is 29.0 Å². The van der Waals surface area contributed by atoms with Gasteiger partial charge in [0.2, 0.25) is 0 Å². The number of hydrogen-bond acceptors (Lipinski definition) is 4. The Bertz CT molecular complexity index is 857. The number of nitrogen functional groups attached to an aromatic ring is 2. The third kappa shape index (κ3) is 6.96. The predicted octanol–water partition coefficient (Wildman–Crippen LogP) is 3.90. The van der Waals surface area contributed by atoms with Crippen LogP contribution in [0.1, 0.15) is 11.1 Å². The van der Waals surface area contributed by atoms with E-state index in [0.29, 0.717) is 12.1 Å². The summed E-state index contributed by atoms with van der Waals surface area (Å²) in [6.07, 6.45) is -9.68. The molecule has 0 aromatic heterocycles. The molecule has 2 aromatic carbocycles. The molecule has 0 bridgehead atoms. The molecule has 150 valence electrons. The summed E-state index contributed by atoms with van der Waals surface area (Å²) in [7, 11) is -4.67. The second kappa shape index (κ2) is 7.62. The van der Waals surface area contributed by atoms with Crippen LogP contribution in [0.4, 0.5) is 37.7 Å². The second-order valence-corrected chi connectivity index (χ2v) is 5.95. The molecule has 0 saturated carbocycles. The molecule has 0 saturated heterocycles. The lowest BCUT2D eigenvalue weighted by atomic mass is 9.94. The molecule has 0 unspecified atom stereocenters. The van der Waals surface area contributed by atoms with Crippen LogP contribution in [-0.4, -0.2) is 17.5 Å². The smallest absolute Gasteiger partial charge is 0.399 e. The van der Waals surface area contributed by atoms with Crippen molar-refractivity contribution in [2.45, 2.75) is 12.4 Å². The fourth-order valence-electron chi connectivity index (χ4n) is 2.06. The minimum absolute atomic E-state index is 0.194. The molecule has 27 heavy (non-hydrogen) atoms. The third-order valence-corrected chi connectivity index (χ3v) is 2.99. The maximum Gasteiger partial charge on any atom is 0.417 e. The SMILES string of the molecule is Nc1ccc(-c2ccc(N)cc2C(F)(F)F)c(C(F)(F)F)c1.O=S(=O)(O)O. The standard InChI is InChI=1S/C14H10F6N2.H2O4S/c15-13(16,17)11-5-7(21)1-3-9(11)10-4-2-8(22)6-12(10)14(18,19)20;1-5(2,3)4/h1-6H,21-22H2;(H2,1,2,3,4). The first-order valence-electron chi connectivity index (χ1n) is 6.64. The number of anilines is 2. The maximum atomic E-state index is 13.1. The third-order valence-electron chi connectivity index (χ3n) is 2.99. The van der Waals surface area contributed by atoms with Crippen molar-refractivity contribution in [2.24, 2.45) is 0 Å². The Morgan fingerprint density at radius 1 is 0.704 bits per heavy atom. The molecule has 0 aliphatic heterocycles. The number of nitrogens with two attached hydrogens (primary N) is 2. The van der Waals surface area contributed by atoms with Crippen LogP contribution in [-0.2, 0) is 22.8 Å². The van der Waals surface area contributed by atoms with Crippen LogP contribution in [0.15, 0.2) is 36.4 Å². The number of benzene rings is 2. The van der Waals surface area contributed by atoms with Crippen molar-refractivity contribution in [1.82, 2.24) is 0 Å². The summed E-state index contributed by atoms with van der Waals surface area (Å²) in [6, 6.07) is 5.26. The zero-order valence-corrected chi connectivity index (χ0v) is 13.8. The van der Waals surface area contributed by atoms with Gasteiger partial charge in [0.15, 0.2) is 0 Å². The average Bonchev–Trinajstić information content (AvgIpc) is 2.44. The highest BCUT2D eigenvalue weighted by molar-refractivity contribution is 7.79. The van der Waals surface area contributed by atoms with Gasteiger partial charge in [-0.05, 0) is 35.4 Å². The lowest BCUT2D eigenvalue weighted by Gasteiger charge is -2.18. The summed E-state index contributed by atoms with van der Waals surface area (Å²) in [5.74, 6) is 0. The monoisotopic (exact) mass is 418 g/mol. The van der Waals surface area contributed by atoms with Gasteiger partial charge in [0.05, 0.1) is 11.1 Å².